The zero-order valence-electron chi connectivity index (χ0n) is 9.04. The van der Waals surface area contributed by atoms with Gasteiger partial charge in [-0.25, -0.2) is 0 Å². The second-order valence-corrected chi connectivity index (χ2v) is 4.05. The van der Waals surface area contributed by atoms with Gasteiger partial charge in [0, 0.05) is 19.5 Å². The third-order valence-electron chi connectivity index (χ3n) is 3.04. The molecule has 0 aromatic carbocycles. The van der Waals surface area contributed by atoms with Gasteiger partial charge in [-0.3, -0.25) is 4.79 Å². The number of carbonyl (C=O) groups excluding carboxylic acids is 1. The van der Waals surface area contributed by atoms with Crippen molar-refractivity contribution in [3.63, 3.8) is 0 Å². The molecule has 1 amide bonds. The maximum Gasteiger partial charge on any atom is 0.222 e. The number of amides is 1. The third kappa shape index (κ3) is 3.29. The number of hydrogen-bond donors (Lipinski definition) is 1. The molecule has 0 heterocycles. The SMILES string of the molecule is CCN(CCO)C(=O)CC1CCCC1. The molecule has 0 radical (unpaired) electrons. The van der Waals surface area contributed by atoms with Gasteiger partial charge in [-0.05, 0) is 25.7 Å². The fourth-order valence-corrected chi connectivity index (χ4v) is 2.17. The normalized spacial score (nSPS) is 17.3. The maximum atomic E-state index is 11.7. The fraction of sp³-hybridized carbons (Fsp3) is 0.909. The summed E-state index contributed by atoms with van der Waals surface area (Å²) in [4.78, 5) is 13.5. The third-order valence-corrected chi connectivity index (χ3v) is 3.04. The molecule has 0 atom stereocenters. The van der Waals surface area contributed by atoms with Crippen LogP contribution in [0.5, 0.6) is 0 Å². The zero-order valence-corrected chi connectivity index (χ0v) is 9.04. The first-order chi connectivity index (χ1) is 6.77. The Hall–Kier alpha value is -0.570. The van der Waals surface area contributed by atoms with Crippen molar-refractivity contribution in [1.82, 2.24) is 4.90 Å². The van der Waals surface area contributed by atoms with Gasteiger partial charge in [0.2, 0.25) is 5.91 Å². The van der Waals surface area contributed by atoms with Crippen LogP contribution in [0.1, 0.15) is 39.0 Å². The molecule has 1 fully saturated rings. The van der Waals surface area contributed by atoms with Crippen molar-refractivity contribution in [2.45, 2.75) is 39.0 Å². The highest BCUT2D eigenvalue weighted by Crippen LogP contribution is 2.27. The van der Waals surface area contributed by atoms with Crippen molar-refractivity contribution in [2.24, 2.45) is 5.92 Å². The first-order valence-corrected chi connectivity index (χ1v) is 5.66. The molecule has 0 bridgehead atoms. The lowest BCUT2D eigenvalue weighted by Gasteiger charge is -2.21. The molecule has 14 heavy (non-hydrogen) atoms. The molecule has 1 N–H and O–H groups in total. The molecule has 3 heteroatoms. The summed E-state index contributed by atoms with van der Waals surface area (Å²) < 4.78 is 0. The Morgan fingerprint density at radius 1 is 1.43 bits per heavy atom. The van der Waals surface area contributed by atoms with E-state index in [0.717, 1.165) is 0 Å². The standard InChI is InChI=1S/C11H21NO2/c1-2-12(7-8-13)11(14)9-10-5-3-4-6-10/h10,13H,2-9H2,1H3. The molecule has 0 aliphatic heterocycles. The maximum absolute atomic E-state index is 11.7. The van der Waals surface area contributed by atoms with Gasteiger partial charge < -0.3 is 10.0 Å². The predicted molar refractivity (Wildman–Crippen MR) is 55.9 cm³/mol. The number of aliphatic hydroxyl groups excluding tert-OH is 1. The minimum Gasteiger partial charge on any atom is -0.395 e. The van der Waals surface area contributed by atoms with Crippen LogP contribution in [0.15, 0.2) is 0 Å². The first-order valence-electron chi connectivity index (χ1n) is 5.66. The molecule has 0 saturated heterocycles. The Kier molecular flexibility index (Phi) is 4.94. The van der Waals surface area contributed by atoms with E-state index in [-0.39, 0.29) is 12.5 Å². The molecular formula is C11H21NO2. The smallest absolute Gasteiger partial charge is 0.222 e. The number of aliphatic hydroxyl groups is 1. The van der Waals surface area contributed by atoms with Gasteiger partial charge in [-0.2, -0.15) is 0 Å². The second kappa shape index (κ2) is 6.02. The van der Waals surface area contributed by atoms with Crippen LogP contribution in [0.4, 0.5) is 0 Å². The number of rotatable bonds is 5. The highest BCUT2D eigenvalue weighted by atomic mass is 16.3. The lowest BCUT2D eigenvalue weighted by Crippen LogP contribution is -2.34. The van der Waals surface area contributed by atoms with Crippen LogP contribution in [0, 0.1) is 5.92 Å². The van der Waals surface area contributed by atoms with Crippen LogP contribution < -0.4 is 0 Å². The Morgan fingerprint density at radius 2 is 2.07 bits per heavy atom. The number of nitrogens with zero attached hydrogens (tertiary/aromatic N) is 1. The Morgan fingerprint density at radius 3 is 2.57 bits per heavy atom. The molecular weight excluding hydrogens is 178 g/mol. The van der Waals surface area contributed by atoms with Crippen LogP contribution in [-0.2, 0) is 4.79 Å². The van der Waals surface area contributed by atoms with E-state index in [1.54, 1.807) is 4.90 Å². The summed E-state index contributed by atoms with van der Waals surface area (Å²) in [5.41, 5.74) is 0. The molecule has 0 unspecified atom stereocenters. The van der Waals surface area contributed by atoms with Crippen molar-refractivity contribution >= 4 is 5.91 Å². The lowest BCUT2D eigenvalue weighted by atomic mass is 10.0. The first kappa shape index (κ1) is 11.5. The van der Waals surface area contributed by atoms with Gasteiger partial charge in [0.05, 0.1) is 6.61 Å². The van der Waals surface area contributed by atoms with Crippen LogP contribution in [0.3, 0.4) is 0 Å². The summed E-state index contributed by atoms with van der Waals surface area (Å²) in [6.45, 7) is 3.24. The average Bonchev–Trinajstić information content (AvgIpc) is 2.66. The van der Waals surface area contributed by atoms with Crippen LogP contribution in [0.2, 0.25) is 0 Å². The van der Waals surface area contributed by atoms with Crippen molar-refractivity contribution in [3.8, 4) is 0 Å². The lowest BCUT2D eigenvalue weighted by molar-refractivity contribution is -0.132. The van der Waals surface area contributed by atoms with Gasteiger partial charge in [0.15, 0.2) is 0 Å². The van der Waals surface area contributed by atoms with E-state index in [9.17, 15) is 4.79 Å². The van der Waals surface area contributed by atoms with E-state index in [0.29, 0.717) is 25.4 Å². The summed E-state index contributed by atoms with van der Waals surface area (Å²) in [7, 11) is 0. The number of likely N-dealkylation sites (N-methyl/N-ethyl adjacent to an activating group) is 1. The fourth-order valence-electron chi connectivity index (χ4n) is 2.17. The summed E-state index contributed by atoms with van der Waals surface area (Å²) in [5, 5.41) is 8.78. The molecule has 0 spiro atoms. The van der Waals surface area contributed by atoms with Gasteiger partial charge in [0.25, 0.3) is 0 Å². The molecule has 0 aromatic rings. The topological polar surface area (TPSA) is 40.5 Å². The molecule has 0 aromatic heterocycles. The van der Waals surface area contributed by atoms with Crippen molar-refractivity contribution in [2.75, 3.05) is 19.7 Å². The Labute approximate surface area is 86.1 Å². The van der Waals surface area contributed by atoms with Gasteiger partial charge in [0.1, 0.15) is 0 Å². The van der Waals surface area contributed by atoms with Gasteiger partial charge in [-0.15, -0.1) is 0 Å². The van der Waals surface area contributed by atoms with E-state index in [4.69, 9.17) is 5.11 Å². The molecule has 1 rings (SSSR count). The molecule has 3 nitrogen and oxygen atoms in total. The van der Waals surface area contributed by atoms with Gasteiger partial charge in [-0.1, -0.05) is 12.8 Å². The molecule has 1 aliphatic rings. The highest BCUT2D eigenvalue weighted by Gasteiger charge is 2.20. The number of carbonyl (C=O) groups is 1. The van der Waals surface area contributed by atoms with E-state index in [1.807, 2.05) is 6.92 Å². The minimum atomic E-state index is 0.0737. The zero-order chi connectivity index (χ0) is 10.4. The summed E-state index contributed by atoms with van der Waals surface area (Å²) in [6.07, 6.45) is 5.67. The highest BCUT2D eigenvalue weighted by molar-refractivity contribution is 5.76. The summed E-state index contributed by atoms with van der Waals surface area (Å²) in [6, 6.07) is 0. The second-order valence-electron chi connectivity index (χ2n) is 4.05. The molecule has 1 saturated carbocycles. The predicted octanol–water partition coefficient (Wildman–Crippen LogP) is 1.41. The van der Waals surface area contributed by atoms with E-state index >= 15 is 0 Å². The quantitative estimate of drug-likeness (QED) is 0.727. The average molecular weight is 199 g/mol. The van der Waals surface area contributed by atoms with Crippen molar-refractivity contribution < 1.29 is 9.90 Å². The van der Waals surface area contributed by atoms with Crippen molar-refractivity contribution in [1.29, 1.82) is 0 Å². The van der Waals surface area contributed by atoms with Crippen LogP contribution >= 0.6 is 0 Å². The minimum absolute atomic E-state index is 0.0737. The molecule has 1 aliphatic carbocycles. The van der Waals surface area contributed by atoms with Crippen molar-refractivity contribution in [3.05, 3.63) is 0 Å². The van der Waals surface area contributed by atoms with E-state index in [2.05, 4.69) is 0 Å². The Bertz CT molecular complexity index is 176. The van der Waals surface area contributed by atoms with Crippen LogP contribution in [0.25, 0.3) is 0 Å². The van der Waals surface area contributed by atoms with Crippen LogP contribution in [-0.4, -0.2) is 35.6 Å². The van der Waals surface area contributed by atoms with E-state index in [1.165, 1.54) is 25.7 Å². The Balaban J connectivity index is 2.30. The summed E-state index contributed by atoms with van der Waals surface area (Å²) in [5.74, 6) is 0.823. The molecule has 82 valence electrons. The monoisotopic (exact) mass is 199 g/mol. The van der Waals surface area contributed by atoms with Gasteiger partial charge >= 0.3 is 0 Å². The number of hydrogen-bond acceptors (Lipinski definition) is 2. The summed E-state index contributed by atoms with van der Waals surface area (Å²) >= 11 is 0. The van der Waals surface area contributed by atoms with E-state index < -0.39 is 0 Å². The largest absolute Gasteiger partial charge is 0.395 e.